The van der Waals surface area contributed by atoms with Crippen LogP contribution in [0.1, 0.15) is 23.2 Å². The lowest BCUT2D eigenvalue weighted by Crippen LogP contribution is -2.21. The largest absolute Gasteiger partial charge is 0.478 e. The maximum Gasteiger partial charge on any atom is 0.337 e. The number of para-hydroxylation sites is 1. The molecule has 0 aliphatic carbocycles. The molecule has 2 aromatic carbocycles. The summed E-state index contributed by atoms with van der Waals surface area (Å²) in [6.07, 6.45) is 2.04. The van der Waals surface area contributed by atoms with Crippen molar-refractivity contribution < 1.29 is 14.3 Å². The summed E-state index contributed by atoms with van der Waals surface area (Å²) in [5.74, 6) is -1.05. The highest BCUT2D eigenvalue weighted by atomic mass is 35.5. The summed E-state index contributed by atoms with van der Waals surface area (Å²) in [6.45, 7) is 1.59. The summed E-state index contributed by atoms with van der Waals surface area (Å²) in [7, 11) is 0. The first-order valence-electron chi connectivity index (χ1n) is 7.73. The van der Waals surface area contributed by atoms with E-state index < -0.39 is 5.97 Å². The van der Waals surface area contributed by atoms with Crippen molar-refractivity contribution in [3.05, 3.63) is 51.1 Å². The van der Waals surface area contributed by atoms with E-state index >= 15 is 0 Å². The Balaban J connectivity index is 2.09. The SMILES string of the molecule is O=C(O)c1cc2c(=O)c3cccc(Cl)c3oc2cc1N1CCCC1. The fourth-order valence-corrected chi connectivity index (χ4v) is 3.48. The highest BCUT2D eigenvalue weighted by Crippen LogP contribution is 2.31. The van der Waals surface area contributed by atoms with E-state index in [-0.39, 0.29) is 16.4 Å². The van der Waals surface area contributed by atoms with E-state index in [1.807, 2.05) is 4.90 Å². The molecule has 0 atom stereocenters. The molecular formula is C18H14ClNO4. The molecular weight excluding hydrogens is 330 g/mol. The fraction of sp³-hybridized carbons (Fsp3) is 0.222. The van der Waals surface area contributed by atoms with Gasteiger partial charge >= 0.3 is 5.97 Å². The molecule has 0 spiro atoms. The highest BCUT2D eigenvalue weighted by Gasteiger charge is 2.22. The summed E-state index contributed by atoms with van der Waals surface area (Å²) >= 11 is 6.14. The van der Waals surface area contributed by atoms with Crippen LogP contribution in [0, 0.1) is 0 Å². The van der Waals surface area contributed by atoms with Crippen LogP contribution in [0.15, 0.2) is 39.5 Å². The predicted molar refractivity (Wildman–Crippen MR) is 93.4 cm³/mol. The van der Waals surface area contributed by atoms with Gasteiger partial charge in [-0.15, -0.1) is 0 Å². The summed E-state index contributed by atoms with van der Waals surface area (Å²) < 4.78 is 5.84. The molecule has 1 fully saturated rings. The van der Waals surface area contributed by atoms with Gasteiger partial charge in [-0.3, -0.25) is 4.79 Å². The van der Waals surface area contributed by atoms with E-state index in [2.05, 4.69) is 0 Å². The van der Waals surface area contributed by atoms with Crippen LogP contribution in [-0.4, -0.2) is 24.2 Å². The van der Waals surface area contributed by atoms with Crippen molar-refractivity contribution in [2.45, 2.75) is 12.8 Å². The third kappa shape index (κ3) is 2.24. The maximum atomic E-state index is 12.7. The topological polar surface area (TPSA) is 70.7 Å². The third-order valence-electron chi connectivity index (χ3n) is 4.44. The minimum Gasteiger partial charge on any atom is -0.478 e. The average molecular weight is 344 g/mol. The number of rotatable bonds is 2. The van der Waals surface area contributed by atoms with Crippen LogP contribution in [0.4, 0.5) is 5.69 Å². The van der Waals surface area contributed by atoms with Crippen molar-refractivity contribution in [2.75, 3.05) is 18.0 Å². The van der Waals surface area contributed by atoms with Crippen molar-refractivity contribution in [3.63, 3.8) is 0 Å². The summed E-state index contributed by atoms with van der Waals surface area (Å²) in [5, 5.41) is 10.5. The maximum absolute atomic E-state index is 12.7. The fourth-order valence-electron chi connectivity index (χ4n) is 3.27. The van der Waals surface area contributed by atoms with Gasteiger partial charge in [-0.1, -0.05) is 17.7 Å². The van der Waals surface area contributed by atoms with Gasteiger partial charge in [0.2, 0.25) is 5.43 Å². The van der Waals surface area contributed by atoms with Crippen molar-refractivity contribution in [3.8, 4) is 0 Å². The number of carboxylic acid groups (broad SMARTS) is 1. The summed E-state index contributed by atoms with van der Waals surface area (Å²) in [6, 6.07) is 8.02. The van der Waals surface area contributed by atoms with Crippen molar-refractivity contribution in [1.82, 2.24) is 0 Å². The molecule has 1 aliphatic heterocycles. The van der Waals surface area contributed by atoms with Crippen molar-refractivity contribution in [1.29, 1.82) is 0 Å². The van der Waals surface area contributed by atoms with Crippen LogP contribution in [0.25, 0.3) is 21.9 Å². The smallest absolute Gasteiger partial charge is 0.337 e. The second-order valence-corrected chi connectivity index (χ2v) is 6.32. The molecule has 2 heterocycles. The molecule has 0 amide bonds. The first-order chi connectivity index (χ1) is 11.6. The second-order valence-electron chi connectivity index (χ2n) is 5.91. The normalized spacial score (nSPS) is 14.6. The van der Waals surface area contributed by atoms with Crippen molar-refractivity contribution in [2.24, 2.45) is 0 Å². The first-order valence-corrected chi connectivity index (χ1v) is 8.11. The Bertz CT molecular complexity index is 1030. The molecule has 1 aromatic heterocycles. The molecule has 24 heavy (non-hydrogen) atoms. The number of hydrogen-bond acceptors (Lipinski definition) is 4. The van der Waals surface area contributed by atoms with Gasteiger partial charge in [-0.25, -0.2) is 4.79 Å². The van der Waals surface area contributed by atoms with Gasteiger partial charge < -0.3 is 14.4 Å². The second kappa shape index (κ2) is 5.53. The highest BCUT2D eigenvalue weighted by molar-refractivity contribution is 6.34. The molecule has 1 aliphatic rings. The van der Waals surface area contributed by atoms with Gasteiger partial charge in [0.25, 0.3) is 0 Å². The number of nitrogens with zero attached hydrogens (tertiary/aromatic N) is 1. The number of carboxylic acids is 1. The molecule has 5 nitrogen and oxygen atoms in total. The monoisotopic (exact) mass is 343 g/mol. The van der Waals surface area contributed by atoms with Crippen molar-refractivity contribution >= 4 is 45.2 Å². The lowest BCUT2D eigenvalue weighted by Gasteiger charge is -2.20. The van der Waals surface area contributed by atoms with E-state index in [9.17, 15) is 14.7 Å². The Hall–Kier alpha value is -2.53. The van der Waals surface area contributed by atoms with Gasteiger partial charge in [0, 0.05) is 19.2 Å². The number of fused-ring (bicyclic) bond motifs is 2. The van der Waals surface area contributed by atoms with E-state index in [4.69, 9.17) is 16.0 Å². The van der Waals surface area contributed by atoms with Crippen LogP contribution >= 0.6 is 11.6 Å². The number of halogens is 1. The van der Waals surface area contributed by atoms with Crippen LogP contribution in [0.3, 0.4) is 0 Å². The van der Waals surface area contributed by atoms with E-state index in [1.54, 1.807) is 24.3 Å². The van der Waals surface area contributed by atoms with Crippen LogP contribution in [0.2, 0.25) is 5.02 Å². The zero-order valence-electron chi connectivity index (χ0n) is 12.7. The Kier molecular flexibility index (Phi) is 3.46. The standard InChI is InChI=1S/C18H14ClNO4/c19-13-5-3-4-10-16(21)12-8-11(18(22)23)14(20-6-1-2-7-20)9-15(12)24-17(10)13/h3-5,8-9H,1-2,6-7H2,(H,22,23). The summed E-state index contributed by atoms with van der Waals surface area (Å²) in [5.41, 5.74) is 1.11. The summed E-state index contributed by atoms with van der Waals surface area (Å²) in [4.78, 5) is 26.4. The molecule has 3 aromatic rings. The number of anilines is 1. The first kappa shape index (κ1) is 15.0. The molecule has 4 rings (SSSR count). The lowest BCUT2D eigenvalue weighted by molar-refractivity contribution is 0.0697. The molecule has 0 radical (unpaired) electrons. The van der Waals surface area contributed by atoms with Gasteiger partial charge in [0.15, 0.2) is 5.58 Å². The Labute approximate surface area is 142 Å². The third-order valence-corrected chi connectivity index (χ3v) is 4.74. The van der Waals surface area contributed by atoms with E-state index in [0.717, 1.165) is 25.9 Å². The minimum absolute atomic E-state index is 0.123. The average Bonchev–Trinajstić information content (AvgIpc) is 3.09. The molecule has 1 saturated heterocycles. The number of aromatic carboxylic acids is 1. The minimum atomic E-state index is -1.05. The van der Waals surface area contributed by atoms with Gasteiger partial charge in [0.05, 0.1) is 27.0 Å². The van der Waals surface area contributed by atoms with Gasteiger partial charge in [-0.05, 0) is 31.0 Å². The molecule has 0 saturated carbocycles. The zero-order chi connectivity index (χ0) is 16.8. The molecule has 1 N–H and O–H groups in total. The molecule has 6 heteroatoms. The molecule has 0 unspecified atom stereocenters. The Morgan fingerprint density at radius 2 is 1.92 bits per heavy atom. The Morgan fingerprint density at radius 3 is 2.62 bits per heavy atom. The number of hydrogen-bond donors (Lipinski definition) is 1. The lowest BCUT2D eigenvalue weighted by atomic mass is 10.1. The number of benzene rings is 2. The van der Waals surface area contributed by atoms with Crippen LogP contribution in [-0.2, 0) is 0 Å². The van der Waals surface area contributed by atoms with Crippen LogP contribution in [0.5, 0.6) is 0 Å². The zero-order valence-corrected chi connectivity index (χ0v) is 13.5. The van der Waals surface area contributed by atoms with E-state index in [0.29, 0.717) is 27.3 Å². The number of carbonyl (C=O) groups is 1. The van der Waals surface area contributed by atoms with Gasteiger partial charge in [0.1, 0.15) is 5.58 Å². The van der Waals surface area contributed by atoms with Gasteiger partial charge in [-0.2, -0.15) is 0 Å². The van der Waals surface area contributed by atoms with E-state index in [1.165, 1.54) is 6.07 Å². The quantitative estimate of drug-likeness (QED) is 0.714. The Morgan fingerprint density at radius 1 is 1.17 bits per heavy atom. The molecule has 0 bridgehead atoms. The molecule has 122 valence electrons. The van der Waals surface area contributed by atoms with Crippen LogP contribution < -0.4 is 10.3 Å². The predicted octanol–water partition coefficient (Wildman–Crippen LogP) is 3.90.